The summed E-state index contributed by atoms with van der Waals surface area (Å²) in [4.78, 5) is 16.7. The molecule has 1 atom stereocenters. The van der Waals surface area contributed by atoms with Gasteiger partial charge >= 0.3 is 0 Å². The molecule has 0 aliphatic carbocycles. The summed E-state index contributed by atoms with van der Waals surface area (Å²) in [5, 5.41) is 0. The zero-order chi connectivity index (χ0) is 19.3. The third kappa shape index (κ3) is 5.10. The predicted octanol–water partition coefficient (Wildman–Crippen LogP) is 2.84. The summed E-state index contributed by atoms with van der Waals surface area (Å²) in [6, 6.07) is 18.6. The van der Waals surface area contributed by atoms with Gasteiger partial charge in [-0.2, -0.15) is 0 Å². The molecule has 0 N–H and O–H groups in total. The number of benzene rings is 2. The second-order valence-electron chi connectivity index (χ2n) is 7.09. The fourth-order valence-corrected chi connectivity index (χ4v) is 4.75. The molecule has 1 unspecified atom stereocenters. The lowest BCUT2D eigenvalue weighted by Crippen LogP contribution is -2.34. The van der Waals surface area contributed by atoms with Crippen molar-refractivity contribution in [2.75, 3.05) is 37.3 Å². The van der Waals surface area contributed by atoms with Gasteiger partial charge in [-0.25, -0.2) is 8.42 Å². The molecule has 0 saturated carbocycles. The van der Waals surface area contributed by atoms with Crippen LogP contribution in [0.2, 0.25) is 0 Å². The SMILES string of the molecule is CN(CC1CCN(c2ccccc2)C1)C(=O)CCS(=O)(=O)c1ccccc1. The van der Waals surface area contributed by atoms with E-state index in [0.29, 0.717) is 12.5 Å². The van der Waals surface area contributed by atoms with Crippen molar-refractivity contribution in [3.05, 3.63) is 60.7 Å². The Hall–Kier alpha value is -2.34. The van der Waals surface area contributed by atoms with E-state index in [1.54, 1.807) is 42.3 Å². The maximum atomic E-state index is 12.4. The molecule has 0 aromatic heterocycles. The van der Waals surface area contributed by atoms with Crippen molar-refractivity contribution in [3.63, 3.8) is 0 Å². The number of para-hydroxylation sites is 1. The first-order valence-electron chi connectivity index (χ1n) is 9.27. The molecule has 2 aromatic carbocycles. The summed E-state index contributed by atoms with van der Waals surface area (Å²) < 4.78 is 24.7. The summed E-state index contributed by atoms with van der Waals surface area (Å²) in [5.41, 5.74) is 1.21. The number of anilines is 1. The first-order chi connectivity index (χ1) is 13.0. The number of hydrogen-bond acceptors (Lipinski definition) is 4. The molecule has 0 bridgehead atoms. The van der Waals surface area contributed by atoms with E-state index in [9.17, 15) is 13.2 Å². The number of nitrogens with zero attached hydrogens (tertiary/aromatic N) is 2. The van der Waals surface area contributed by atoms with Gasteiger partial charge in [0.1, 0.15) is 0 Å². The van der Waals surface area contributed by atoms with Gasteiger partial charge < -0.3 is 9.80 Å². The van der Waals surface area contributed by atoms with Crippen molar-refractivity contribution in [2.45, 2.75) is 17.7 Å². The van der Waals surface area contributed by atoms with Crippen molar-refractivity contribution >= 4 is 21.4 Å². The zero-order valence-corrected chi connectivity index (χ0v) is 16.4. The number of amides is 1. The molecule has 1 aliphatic rings. The second-order valence-corrected chi connectivity index (χ2v) is 9.20. The predicted molar refractivity (Wildman–Crippen MR) is 108 cm³/mol. The van der Waals surface area contributed by atoms with Crippen LogP contribution in [0, 0.1) is 5.92 Å². The van der Waals surface area contributed by atoms with Crippen molar-refractivity contribution in [2.24, 2.45) is 5.92 Å². The molecule has 5 nitrogen and oxygen atoms in total. The smallest absolute Gasteiger partial charge is 0.223 e. The number of carbonyl (C=O) groups is 1. The van der Waals surface area contributed by atoms with Crippen LogP contribution in [0.3, 0.4) is 0 Å². The Balaban J connectivity index is 1.48. The Morgan fingerprint density at radius 3 is 2.37 bits per heavy atom. The fourth-order valence-electron chi connectivity index (χ4n) is 3.50. The summed E-state index contributed by atoms with van der Waals surface area (Å²) in [6.07, 6.45) is 1.05. The van der Waals surface area contributed by atoms with Crippen molar-refractivity contribution in [3.8, 4) is 0 Å². The Morgan fingerprint density at radius 1 is 1.07 bits per heavy atom. The molecule has 2 aromatic rings. The molecule has 144 valence electrons. The molecule has 3 rings (SSSR count). The van der Waals surface area contributed by atoms with E-state index in [4.69, 9.17) is 0 Å². The number of sulfone groups is 1. The highest BCUT2D eigenvalue weighted by Gasteiger charge is 2.25. The molecule has 1 saturated heterocycles. The third-order valence-electron chi connectivity index (χ3n) is 5.05. The average molecular weight is 387 g/mol. The monoisotopic (exact) mass is 386 g/mol. The van der Waals surface area contributed by atoms with Crippen molar-refractivity contribution in [1.82, 2.24) is 4.90 Å². The van der Waals surface area contributed by atoms with Crippen LogP contribution in [0.4, 0.5) is 5.69 Å². The van der Waals surface area contributed by atoms with E-state index in [0.717, 1.165) is 19.5 Å². The molecule has 27 heavy (non-hydrogen) atoms. The molecule has 1 fully saturated rings. The van der Waals surface area contributed by atoms with Crippen LogP contribution < -0.4 is 4.90 Å². The van der Waals surface area contributed by atoms with Crippen molar-refractivity contribution < 1.29 is 13.2 Å². The Bertz CT molecular complexity index is 854. The van der Waals surface area contributed by atoms with Crippen LogP contribution >= 0.6 is 0 Å². The van der Waals surface area contributed by atoms with Gasteiger partial charge in [-0.15, -0.1) is 0 Å². The molecule has 1 heterocycles. The summed E-state index contributed by atoms with van der Waals surface area (Å²) >= 11 is 0. The fraction of sp³-hybridized carbons (Fsp3) is 0.381. The second kappa shape index (κ2) is 8.57. The average Bonchev–Trinajstić information content (AvgIpc) is 3.16. The molecular formula is C21H26N2O3S. The van der Waals surface area contributed by atoms with E-state index in [2.05, 4.69) is 17.0 Å². The van der Waals surface area contributed by atoms with Gasteiger partial charge in [0.15, 0.2) is 9.84 Å². The minimum absolute atomic E-state index is 0.0167. The maximum absolute atomic E-state index is 12.4. The minimum atomic E-state index is -3.42. The highest BCUT2D eigenvalue weighted by Crippen LogP contribution is 2.24. The van der Waals surface area contributed by atoms with E-state index >= 15 is 0 Å². The summed E-state index contributed by atoms with van der Waals surface area (Å²) in [5.74, 6) is 0.138. The molecule has 6 heteroatoms. The van der Waals surface area contributed by atoms with Crippen LogP contribution in [0.15, 0.2) is 65.6 Å². The minimum Gasteiger partial charge on any atom is -0.371 e. The van der Waals surface area contributed by atoms with Gasteiger partial charge in [0.05, 0.1) is 10.6 Å². The largest absolute Gasteiger partial charge is 0.371 e. The normalized spacial score (nSPS) is 17.1. The van der Waals surface area contributed by atoms with E-state index in [1.807, 2.05) is 18.2 Å². The first kappa shape index (κ1) is 19.4. The van der Waals surface area contributed by atoms with Crippen LogP contribution in [0.5, 0.6) is 0 Å². The van der Waals surface area contributed by atoms with Gasteiger partial charge in [0, 0.05) is 38.8 Å². The molecule has 1 amide bonds. The van der Waals surface area contributed by atoms with Gasteiger partial charge in [-0.1, -0.05) is 36.4 Å². The molecular weight excluding hydrogens is 360 g/mol. The lowest BCUT2D eigenvalue weighted by Gasteiger charge is -2.22. The highest BCUT2D eigenvalue weighted by atomic mass is 32.2. The lowest BCUT2D eigenvalue weighted by molar-refractivity contribution is -0.129. The van der Waals surface area contributed by atoms with Gasteiger partial charge in [-0.3, -0.25) is 4.79 Å². The van der Waals surface area contributed by atoms with E-state index in [1.165, 1.54) is 5.69 Å². The van der Waals surface area contributed by atoms with Crippen LogP contribution in [0.25, 0.3) is 0 Å². The maximum Gasteiger partial charge on any atom is 0.223 e. The lowest BCUT2D eigenvalue weighted by atomic mass is 10.1. The highest BCUT2D eigenvalue weighted by molar-refractivity contribution is 7.91. The van der Waals surface area contributed by atoms with Crippen molar-refractivity contribution in [1.29, 1.82) is 0 Å². The Morgan fingerprint density at radius 2 is 1.70 bits per heavy atom. The molecule has 0 radical (unpaired) electrons. The van der Waals surface area contributed by atoms with E-state index in [-0.39, 0.29) is 23.0 Å². The van der Waals surface area contributed by atoms with Crippen LogP contribution in [0.1, 0.15) is 12.8 Å². The summed E-state index contributed by atoms with van der Waals surface area (Å²) in [7, 11) is -1.65. The quantitative estimate of drug-likeness (QED) is 0.734. The van der Waals surface area contributed by atoms with Crippen LogP contribution in [-0.2, 0) is 14.6 Å². The zero-order valence-electron chi connectivity index (χ0n) is 15.6. The standard InChI is InChI=1S/C21H26N2O3S/c1-22(16-18-12-14-23(17-18)19-8-4-2-5-9-19)21(24)13-15-27(25,26)20-10-6-3-7-11-20/h2-11,18H,12-17H2,1H3. The van der Waals surface area contributed by atoms with Gasteiger partial charge in [0.25, 0.3) is 0 Å². The Kier molecular flexibility index (Phi) is 6.16. The number of rotatable bonds is 7. The van der Waals surface area contributed by atoms with E-state index < -0.39 is 9.84 Å². The Labute approximate surface area is 161 Å². The third-order valence-corrected chi connectivity index (χ3v) is 6.78. The van der Waals surface area contributed by atoms with Crippen LogP contribution in [-0.4, -0.2) is 51.7 Å². The number of hydrogen-bond donors (Lipinski definition) is 0. The van der Waals surface area contributed by atoms with Gasteiger partial charge in [0.2, 0.25) is 5.91 Å². The van der Waals surface area contributed by atoms with Gasteiger partial charge in [-0.05, 0) is 36.6 Å². The first-order valence-corrected chi connectivity index (χ1v) is 10.9. The molecule has 0 spiro atoms. The number of carbonyl (C=O) groups excluding carboxylic acids is 1. The topological polar surface area (TPSA) is 57.7 Å². The summed E-state index contributed by atoms with van der Waals surface area (Å²) in [6.45, 7) is 2.57. The molecule has 1 aliphatic heterocycles.